The molecule has 1 N–H and O–H groups in total. The fourth-order valence-corrected chi connectivity index (χ4v) is 5.23. The van der Waals surface area contributed by atoms with Crippen LogP contribution < -0.4 is 0 Å². The van der Waals surface area contributed by atoms with Crippen molar-refractivity contribution in [2.45, 2.75) is 23.7 Å². The molecule has 0 aliphatic carbocycles. The largest absolute Gasteiger partial charge is 0.385 e. The van der Waals surface area contributed by atoms with Gasteiger partial charge in [-0.15, -0.1) is 11.3 Å². The molecule has 18 heavy (non-hydrogen) atoms. The highest BCUT2D eigenvalue weighted by Crippen LogP contribution is 2.32. The summed E-state index contributed by atoms with van der Waals surface area (Å²) in [6.45, 7) is 3.73. The van der Waals surface area contributed by atoms with E-state index in [9.17, 15) is 13.5 Å². The summed E-state index contributed by atoms with van der Waals surface area (Å²) >= 11 is 1.16. The van der Waals surface area contributed by atoms with E-state index in [2.05, 4.69) is 4.98 Å². The Hall–Kier alpha value is -0.540. The average molecular weight is 292 g/mol. The van der Waals surface area contributed by atoms with E-state index in [0.29, 0.717) is 5.69 Å². The van der Waals surface area contributed by atoms with Crippen LogP contribution in [0.3, 0.4) is 0 Å². The second-order valence-electron chi connectivity index (χ2n) is 4.54. The molecular formula is C10H16N2O4S2. The maximum Gasteiger partial charge on any atom is 0.254 e. The Morgan fingerprint density at radius 1 is 1.50 bits per heavy atom. The lowest BCUT2D eigenvalue weighted by Gasteiger charge is -2.44. The van der Waals surface area contributed by atoms with Crippen molar-refractivity contribution in [2.24, 2.45) is 0 Å². The molecule has 1 aromatic rings. The quantitative estimate of drug-likeness (QED) is 0.854. The highest BCUT2D eigenvalue weighted by Gasteiger charge is 2.48. The van der Waals surface area contributed by atoms with Crippen LogP contribution in [0.25, 0.3) is 0 Å². The minimum atomic E-state index is -3.53. The normalized spacial score (nSPS) is 19.8. The van der Waals surface area contributed by atoms with Crippen molar-refractivity contribution >= 4 is 21.4 Å². The SMILES string of the molecule is COCC1(O)CN(S(=O)(=O)c2sc(C)nc2C)C1. The number of sulfonamides is 1. The van der Waals surface area contributed by atoms with Crippen molar-refractivity contribution in [3.8, 4) is 0 Å². The van der Waals surface area contributed by atoms with Crippen molar-refractivity contribution in [3.05, 3.63) is 10.7 Å². The monoisotopic (exact) mass is 292 g/mol. The zero-order valence-corrected chi connectivity index (χ0v) is 12.1. The maximum atomic E-state index is 12.3. The van der Waals surface area contributed by atoms with Crippen LogP contribution in [0.1, 0.15) is 10.7 Å². The second kappa shape index (κ2) is 4.53. The predicted molar refractivity (Wildman–Crippen MR) is 67.2 cm³/mol. The van der Waals surface area contributed by atoms with Crippen LogP contribution in [0.2, 0.25) is 0 Å². The Morgan fingerprint density at radius 2 is 2.11 bits per heavy atom. The number of thiazole rings is 1. The molecule has 0 atom stereocenters. The summed E-state index contributed by atoms with van der Waals surface area (Å²) < 4.78 is 31.0. The first-order chi connectivity index (χ1) is 8.28. The van der Waals surface area contributed by atoms with E-state index in [4.69, 9.17) is 4.74 Å². The summed E-state index contributed by atoms with van der Waals surface area (Å²) in [5.41, 5.74) is -0.546. The summed E-state index contributed by atoms with van der Waals surface area (Å²) in [6, 6.07) is 0. The van der Waals surface area contributed by atoms with Gasteiger partial charge in [0.1, 0.15) is 5.60 Å². The lowest BCUT2D eigenvalue weighted by Crippen LogP contribution is -2.65. The van der Waals surface area contributed by atoms with Gasteiger partial charge in [-0.25, -0.2) is 13.4 Å². The van der Waals surface area contributed by atoms with E-state index in [1.165, 1.54) is 11.4 Å². The molecule has 1 saturated heterocycles. The number of hydrogen-bond acceptors (Lipinski definition) is 6. The summed E-state index contributed by atoms with van der Waals surface area (Å²) in [4.78, 5) is 4.12. The van der Waals surface area contributed by atoms with Crippen LogP contribution in [0.5, 0.6) is 0 Å². The number of rotatable bonds is 4. The van der Waals surface area contributed by atoms with Crippen LogP contribution in [-0.2, 0) is 14.8 Å². The zero-order chi connectivity index (χ0) is 13.6. The molecule has 0 unspecified atom stereocenters. The summed E-state index contributed by atoms with van der Waals surface area (Å²) in [5.74, 6) is 0. The van der Waals surface area contributed by atoms with E-state index < -0.39 is 15.6 Å². The number of β-amino-alcohol motifs (C(OH)–C–C–N with tert-alkyl or cyclic N) is 1. The molecule has 6 nitrogen and oxygen atoms in total. The van der Waals surface area contributed by atoms with Crippen molar-refractivity contribution in [1.82, 2.24) is 9.29 Å². The van der Waals surface area contributed by atoms with Crippen LogP contribution in [0.4, 0.5) is 0 Å². The minimum absolute atomic E-state index is 0.0690. The molecular weight excluding hydrogens is 276 g/mol. The highest BCUT2D eigenvalue weighted by atomic mass is 32.2. The predicted octanol–water partition coefficient (Wildman–Crippen LogP) is 0.142. The summed E-state index contributed by atoms with van der Waals surface area (Å²) in [5, 5.41) is 10.6. The lowest BCUT2D eigenvalue weighted by atomic mass is 9.99. The van der Waals surface area contributed by atoms with Crippen molar-refractivity contribution in [1.29, 1.82) is 0 Å². The molecule has 0 spiro atoms. The van der Waals surface area contributed by atoms with Gasteiger partial charge in [-0.2, -0.15) is 4.31 Å². The first-order valence-corrected chi connectivity index (χ1v) is 7.70. The highest BCUT2D eigenvalue weighted by molar-refractivity contribution is 7.91. The van der Waals surface area contributed by atoms with Gasteiger partial charge in [0.2, 0.25) is 0 Å². The van der Waals surface area contributed by atoms with Crippen molar-refractivity contribution in [2.75, 3.05) is 26.8 Å². The summed E-state index contributed by atoms with van der Waals surface area (Å²) in [6.07, 6.45) is 0. The van der Waals surface area contributed by atoms with Crippen molar-refractivity contribution in [3.63, 3.8) is 0 Å². The molecule has 1 aliphatic heterocycles. The molecule has 0 amide bonds. The molecule has 1 fully saturated rings. The third-order valence-electron chi connectivity index (χ3n) is 2.79. The maximum absolute atomic E-state index is 12.3. The number of nitrogens with zero attached hydrogens (tertiary/aromatic N) is 2. The van der Waals surface area contributed by atoms with Gasteiger partial charge in [0.05, 0.1) is 17.3 Å². The first kappa shape index (κ1) is 13.9. The molecule has 0 saturated carbocycles. The van der Waals surface area contributed by atoms with Gasteiger partial charge >= 0.3 is 0 Å². The Balaban J connectivity index is 2.18. The van der Waals surface area contributed by atoms with Gasteiger partial charge in [0.25, 0.3) is 10.0 Å². The van der Waals surface area contributed by atoms with Crippen LogP contribution in [0.15, 0.2) is 4.21 Å². The molecule has 0 radical (unpaired) electrons. The van der Waals surface area contributed by atoms with Gasteiger partial charge in [0.15, 0.2) is 4.21 Å². The van der Waals surface area contributed by atoms with Gasteiger partial charge in [0, 0.05) is 20.2 Å². The number of ether oxygens (including phenoxy) is 1. The van der Waals surface area contributed by atoms with Gasteiger partial charge in [-0.05, 0) is 13.8 Å². The standard InChI is InChI=1S/C10H16N2O4S2/c1-7-9(17-8(2)11-7)18(14,15)12-4-10(13,5-12)6-16-3/h13H,4-6H2,1-3H3. The summed E-state index contributed by atoms with van der Waals surface area (Å²) in [7, 11) is -2.05. The third kappa shape index (κ3) is 2.30. The average Bonchev–Trinajstić information content (AvgIpc) is 2.55. The molecule has 2 heterocycles. The van der Waals surface area contributed by atoms with Gasteiger partial charge in [-0.1, -0.05) is 0 Å². The lowest BCUT2D eigenvalue weighted by molar-refractivity contribution is -0.103. The Bertz CT molecular complexity index is 546. The van der Waals surface area contributed by atoms with Gasteiger partial charge in [-0.3, -0.25) is 0 Å². The topological polar surface area (TPSA) is 79.7 Å². The fraction of sp³-hybridized carbons (Fsp3) is 0.700. The first-order valence-electron chi connectivity index (χ1n) is 5.44. The van der Waals surface area contributed by atoms with E-state index in [-0.39, 0.29) is 23.9 Å². The number of hydrogen-bond donors (Lipinski definition) is 1. The zero-order valence-electron chi connectivity index (χ0n) is 10.5. The van der Waals surface area contributed by atoms with E-state index in [1.807, 2.05) is 0 Å². The van der Waals surface area contributed by atoms with E-state index >= 15 is 0 Å². The van der Waals surface area contributed by atoms with Crippen molar-refractivity contribution < 1.29 is 18.3 Å². The number of aliphatic hydroxyl groups is 1. The Kier molecular flexibility index (Phi) is 3.50. The Labute approximate surface area is 110 Å². The van der Waals surface area contributed by atoms with E-state index in [0.717, 1.165) is 16.3 Å². The second-order valence-corrected chi connectivity index (χ2v) is 7.87. The smallest absolute Gasteiger partial charge is 0.254 e. The molecule has 2 rings (SSSR count). The van der Waals surface area contributed by atoms with Crippen LogP contribution in [-0.4, -0.2) is 55.2 Å². The van der Waals surface area contributed by atoms with E-state index in [1.54, 1.807) is 13.8 Å². The van der Waals surface area contributed by atoms with Crippen LogP contribution >= 0.6 is 11.3 Å². The molecule has 0 bridgehead atoms. The fourth-order valence-electron chi connectivity index (χ4n) is 2.01. The Morgan fingerprint density at radius 3 is 2.56 bits per heavy atom. The van der Waals surface area contributed by atoms with Gasteiger partial charge < -0.3 is 9.84 Å². The number of aryl methyl sites for hydroxylation is 2. The van der Waals surface area contributed by atoms with Crippen LogP contribution in [0, 0.1) is 13.8 Å². The minimum Gasteiger partial charge on any atom is -0.385 e. The molecule has 0 aromatic carbocycles. The number of aromatic nitrogens is 1. The molecule has 8 heteroatoms. The molecule has 1 aliphatic rings. The molecule has 102 valence electrons. The number of methoxy groups -OCH3 is 1. The third-order valence-corrected chi connectivity index (χ3v) is 6.24. The molecule has 1 aromatic heterocycles.